The predicted molar refractivity (Wildman–Crippen MR) is 109 cm³/mol. The highest BCUT2D eigenvalue weighted by Crippen LogP contribution is 2.25. The molecule has 0 aliphatic carbocycles. The molecule has 0 aromatic rings. The van der Waals surface area contributed by atoms with Gasteiger partial charge in [-0.2, -0.15) is 0 Å². The van der Waals surface area contributed by atoms with Crippen LogP contribution in [0.2, 0.25) is 0 Å². The average Bonchev–Trinajstić information content (AvgIpc) is 3.04. The second kappa shape index (κ2) is 14.3. The SMILES string of the molecule is CC[C@@H](O)/C=C/[C@@H]1O[C@H]([C@@H](O)C/C=C\C/C=C\C/C=C\CCC(=O)O)C[C@@H]1O. The molecule has 0 aromatic carbocycles. The van der Waals surface area contributed by atoms with Crippen molar-refractivity contribution >= 4 is 5.97 Å². The Morgan fingerprint density at radius 1 is 1.11 bits per heavy atom. The van der Waals surface area contributed by atoms with Gasteiger partial charge in [0.1, 0.15) is 6.10 Å². The van der Waals surface area contributed by atoms with E-state index in [0.29, 0.717) is 25.7 Å². The molecule has 0 amide bonds. The highest BCUT2D eigenvalue weighted by Gasteiger charge is 2.35. The molecule has 0 aromatic heterocycles. The van der Waals surface area contributed by atoms with Crippen LogP contribution in [0.1, 0.15) is 51.9 Å². The summed E-state index contributed by atoms with van der Waals surface area (Å²) in [5.41, 5.74) is 0. The number of hydrogen-bond acceptors (Lipinski definition) is 5. The maximum Gasteiger partial charge on any atom is 0.303 e. The van der Waals surface area contributed by atoms with Gasteiger partial charge in [0.15, 0.2) is 0 Å². The molecule has 6 heteroatoms. The number of carboxylic acids is 1. The predicted octanol–water partition coefficient (Wildman–Crippen LogP) is 2.90. The van der Waals surface area contributed by atoms with Gasteiger partial charge in [-0.3, -0.25) is 4.79 Å². The van der Waals surface area contributed by atoms with E-state index in [9.17, 15) is 20.1 Å². The molecule has 1 aliphatic heterocycles. The molecule has 0 spiro atoms. The van der Waals surface area contributed by atoms with E-state index in [1.165, 1.54) is 0 Å². The zero-order valence-electron chi connectivity index (χ0n) is 16.6. The van der Waals surface area contributed by atoms with Crippen LogP contribution in [0.15, 0.2) is 48.6 Å². The van der Waals surface area contributed by atoms with E-state index < -0.39 is 36.5 Å². The molecule has 28 heavy (non-hydrogen) atoms. The monoisotopic (exact) mass is 394 g/mol. The Balaban J connectivity index is 2.22. The lowest BCUT2D eigenvalue weighted by Crippen LogP contribution is -2.25. The molecule has 1 fully saturated rings. The number of carboxylic acid groups (broad SMARTS) is 1. The molecule has 1 heterocycles. The topological polar surface area (TPSA) is 107 Å². The first kappa shape index (κ1) is 24.3. The molecular weight excluding hydrogens is 360 g/mol. The minimum absolute atomic E-state index is 0.157. The van der Waals surface area contributed by atoms with Crippen molar-refractivity contribution in [2.45, 2.75) is 82.4 Å². The molecule has 4 N–H and O–H groups in total. The van der Waals surface area contributed by atoms with Gasteiger partial charge in [0, 0.05) is 12.8 Å². The summed E-state index contributed by atoms with van der Waals surface area (Å²) in [5, 5.41) is 38.3. The van der Waals surface area contributed by atoms with E-state index in [1.54, 1.807) is 12.2 Å². The summed E-state index contributed by atoms with van der Waals surface area (Å²) >= 11 is 0. The van der Waals surface area contributed by atoms with Gasteiger partial charge in [0.25, 0.3) is 0 Å². The number of aliphatic hydroxyl groups is 3. The van der Waals surface area contributed by atoms with Gasteiger partial charge < -0.3 is 25.2 Å². The Morgan fingerprint density at radius 3 is 2.39 bits per heavy atom. The van der Waals surface area contributed by atoms with Crippen LogP contribution < -0.4 is 0 Å². The van der Waals surface area contributed by atoms with Gasteiger partial charge >= 0.3 is 5.97 Å². The standard InChI is InChI=1S/C22H34O6/c1-2-17(23)14-15-20-19(25)16-21(28-20)18(24)12-10-8-6-4-3-5-7-9-11-13-22(26)27/h3-4,7-10,14-15,17-21,23-25H,2,5-6,11-13,16H2,1H3,(H,26,27)/b4-3-,9-7-,10-8-,15-14+/t17-,18+,19+,20+,21+/m1/s1. The Labute approximate surface area is 167 Å². The lowest BCUT2D eigenvalue weighted by Gasteiger charge is -2.16. The summed E-state index contributed by atoms with van der Waals surface area (Å²) in [6.45, 7) is 1.87. The highest BCUT2D eigenvalue weighted by atomic mass is 16.5. The Morgan fingerprint density at radius 2 is 1.75 bits per heavy atom. The molecule has 0 unspecified atom stereocenters. The minimum Gasteiger partial charge on any atom is -0.481 e. The number of allylic oxidation sites excluding steroid dienone is 5. The molecule has 5 atom stereocenters. The number of hydrogen-bond donors (Lipinski definition) is 4. The van der Waals surface area contributed by atoms with E-state index in [4.69, 9.17) is 9.84 Å². The first-order valence-corrected chi connectivity index (χ1v) is 9.98. The number of carbonyl (C=O) groups is 1. The van der Waals surface area contributed by atoms with Gasteiger partial charge in [-0.15, -0.1) is 0 Å². The molecule has 0 bridgehead atoms. The van der Waals surface area contributed by atoms with Crippen LogP contribution in [0.5, 0.6) is 0 Å². The molecule has 0 radical (unpaired) electrons. The highest BCUT2D eigenvalue weighted by molar-refractivity contribution is 5.66. The Bertz CT molecular complexity index is 551. The third kappa shape index (κ3) is 10.6. The van der Waals surface area contributed by atoms with Crippen LogP contribution in [0.3, 0.4) is 0 Å². The summed E-state index contributed by atoms with van der Waals surface area (Å²) in [5.74, 6) is -0.785. The van der Waals surface area contributed by atoms with Crippen molar-refractivity contribution in [3.63, 3.8) is 0 Å². The Hall–Kier alpha value is -1.73. The summed E-state index contributed by atoms with van der Waals surface area (Å²) in [6.07, 6.45) is 15.9. The molecule has 1 aliphatic rings. The summed E-state index contributed by atoms with van der Waals surface area (Å²) in [4.78, 5) is 10.4. The number of ether oxygens (including phenoxy) is 1. The largest absolute Gasteiger partial charge is 0.481 e. The van der Waals surface area contributed by atoms with Crippen molar-refractivity contribution < 1.29 is 30.0 Å². The van der Waals surface area contributed by atoms with Gasteiger partial charge in [-0.05, 0) is 32.1 Å². The second-order valence-corrected chi connectivity index (χ2v) is 6.92. The van der Waals surface area contributed by atoms with Crippen LogP contribution in [0, 0.1) is 0 Å². The van der Waals surface area contributed by atoms with Gasteiger partial charge in [-0.25, -0.2) is 0 Å². The molecular formula is C22H34O6. The van der Waals surface area contributed by atoms with Crippen LogP contribution in [-0.4, -0.2) is 56.9 Å². The van der Waals surface area contributed by atoms with Crippen molar-refractivity contribution in [2.24, 2.45) is 0 Å². The summed E-state index contributed by atoms with van der Waals surface area (Å²) in [6, 6.07) is 0. The lowest BCUT2D eigenvalue weighted by molar-refractivity contribution is -0.136. The maximum absolute atomic E-state index is 10.4. The smallest absolute Gasteiger partial charge is 0.303 e. The first-order chi connectivity index (χ1) is 13.4. The molecule has 1 saturated heterocycles. The maximum atomic E-state index is 10.4. The van der Waals surface area contributed by atoms with E-state index in [1.807, 2.05) is 43.4 Å². The van der Waals surface area contributed by atoms with Crippen molar-refractivity contribution in [2.75, 3.05) is 0 Å². The van der Waals surface area contributed by atoms with Gasteiger partial charge in [0.2, 0.25) is 0 Å². The molecule has 1 rings (SSSR count). The normalized spacial score (nSPS) is 25.5. The number of aliphatic hydroxyl groups excluding tert-OH is 3. The fourth-order valence-corrected chi connectivity index (χ4v) is 2.77. The zero-order chi connectivity index (χ0) is 20.8. The van der Waals surface area contributed by atoms with Crippen LogP contribution >= 0.6 is 0 Å². The minimum atomic E-state index is -0.785. The number of aliphatic carboxylic acids is 1. The van der Waals surface area contributed by atoms with Crippen LogP contribution in [0.25, 0.3) is 0 Å². The van der Waals surface area contributed by atoms with E-state index in [-0.39, 0.29) is 6.42 Å². The van der Waals surface area contributed by atoms with Gasteiger partial charge in [0.05, 0.1) is 24.4 Å². The van der Waals surface area contributed by atoms with Crippen molar-refractivity contribution in [1.29, 1.82) is 0 Å². The second-order valence-electron chi connectivity index (χ2n) is 6.92. The van der Waals surface area contributed by atoms with E-state index in [2.05, 4.69) is 0 Å². The van der Waals surface area contributed by atoms with E-state index in [0.717, 1.165) is 12.8 Å². The molecule has 0 saturated carbocycles. The van der Waals surface area contributed by atoms with Gasteiger partial charge in [-0.1, -0.05) is 55.5 Å². The van der Waals surface area contributed by atoms with Crippen molar-refractivity contribution in [1.82, 2.24) is 0 Å². The van der Waals surface area contributed by atoms with E-state index >= 15 is 0 Å². The fourth-order valence-electron chi connectivity index (χ4n) is 2.77. The van der Waals surface area contributed by atoms with Crippen molar-refractivity contribution in [3.8, 4) is 0 Å². The zero-order valence-corrected chi connectivity index (χ0v) is 16.6. The first-order valence-electron chi connectivity index (χ1n) is 9.98. The third-order valence-corrected chi connectivity index (χ3v) is 4.50. The molecule has 6 nitrogen and oxygen atoms in total. The summed E-state index contributed by atoms with van der Waals surface area (Å²) < 4.78 is 5.70. The quantitative estimate of drug-likeness (QED) is 0.358. The average molecular weight is 395 g/mol. The van der Waals surface area contributed by atoms with Crippen molar-refractivity contribution in [3.05, 3.63) is 48.6 Å². The third-order valence-electron chi connectivity index (χ3n) is 4.50. The lowest BCUT2D eigenvalue weighted by atomic mass is 10.0. The fraction of sp³-hybridized carbons (Fsp3) is 0.591. The Kier molecular flexibility index (Phi) is 12.4. The summed E-state index contributed by atoms with van der Waals surface area (Å²) in [7, 11) is 0. The molecule has 158 valence electrons. The van der Waals surface area contributed by atoms with Crippen LogP contribution in [0.4, 0.5) is 0 Å². The number of rotatable bonds is 13. The van der Waals surface area contributed by atoms with Crippen LogP contribution in [-0.2, 0) is 9.53 Å².